The van der Waals surface area contributed by atoms with Crippen LogP contribution in [0.15, 0.2) is 42.6 Å². The highest BCUT2D eigenvalue weighted by molar-refractivity contribution is 7.85. The number of hydrogen-bond acceptors (Lipinski definition) is 7. The summed E-state index contributed by atoms with van der Waals surface area (Å²) in [5.41, 5.74) is 10.2. The van der Waals surface area contributed by atoms with Gasteiger partial charge in [0, 0.05) is 68.4 Å². The Morgan fingerprint density at radius 1 is 1.05 bits per heavy atom. The van der Waals surface area contributed by atoms with E-state index in [4.69, 9.17) is 11.6 Å². The molecule has 5 rings (SSSR count). The minimum absolute atomic E-state index is 0.186. The summed E-state index contributed by atoms with van der Waals surface area (Å²) >= 11 is 0. The quantitative estimate of drug-likeness (QED) is 0.366. The molecule has 3 aliphatic rings. The van der Waals surface area contributed by atoms with Crippen molar-refractivity contribution in [1.82, 2.24) is 4.98 Å². The normalized spacial score (nSPS) is 21.6. The number of hydrogen-bond donors (Lipinski definition) is 3. The van der Waals surface area contributed by atoms with Crippen LogP contribution in [0.3, 0.4) is 0 Å². The van der Waals surface area contributed by atoms with Crippen LogP contribution in [-0.4, -0.2) is 47.6 Å². The first-order valence-electron chi connectivity index (χ1n) is 12.7. The summed E-state index contributed by atoms with van der Waals surface area (Å²) in [5.74, 6) is 4.81. The highest BCUT2D eigenvalue weighted by atomic mass is 32.2. The first-order valence-corrected chi connectivity index (χ1v) is 14.3. The molecule has 37 heavy (non-hydrogen) atoms. The monoisotopic (exact) mass is 531 g/mol. The molecule has 11 heteroatoms. The summed E-state index contributed by atoms with van der Waals surface area (Å²) < 4.78 is 41.9. The molecule has 3 fully saturated rings. The molecule has 2 aliphatic heterocycles. The lowest BCUT2D eigenvalue weighted by Crippen LogP contribution is -2.40. The molecule has 1 aliphatic carbocycles. The van der Waals surface area contributed by atoms with Crippen molar-refractivity contribution in [2.24, 2.45) is 17.0 Å². The summed E-state index contributed by atoms with van der Waals surface area (Å²) in [4.78, 5) is 8.80. The van der Waals surface area contributed by atoms with E-state index in [1.54, 1.807) is 24.6 Å². The van der Waals surface area contributed by atoms with Crippen LogP contribution in [0.5, 0.6) is 0 Å². The van der Waals surface area contributed by atoms with E-state index in [-0.39, 0.29) is 25.9 Å². The summed E-state index contributed by atoms with van der Waals surface area (Å²) in [6, 6.07) is 11.2. The number of rotatable bonds is 7. The van der Waals surface area contributed by atoms with Gasteiger partial charge in [-0.05, 0) is 61.4 Å². The van der Waals surface area contributed by atoms with Crippen LogP contribution in [0.2, 0.25) is 0 Å². The molecule has 1 aromatic carbocycles. The van der Waals surface area contributed by atoms with E-state index in [0.29, 0.717) is 22.7 Å². The van der Waals surface area contributed by atoms with Gasteiger partial charge in [-0.3, -0.25) is 5.01 Å². The third-order valence-corrected chi connectivity index (χ3v) is 8.30. The van der Waals surface area contributed by atoms with Gasteiger partial charge in [-0.25, -0.2) is 23.8 Å². The van der Waals surface area contributed by atoms with Crippen molar-refractivity contribution >= 4 is 39.7 Å². The fourth-order valence-corrected chi connectivity index (χ4v) is 5.71. The van der Waals surface area contributed by atoms with E-state index in [9.17, 15) is 13.0 Å². The van der Waals surface area contributed by atoms with Gasteiger partial charge in [0.05, 0.1) is 5.70 Å². The molecule has 0 bridgehead atoms. The lowest BCUT2D eigenvalue weighted by Gasteiger charge is -2.35. The summed E-state index contributed by atoms with van der Waals surface area (Å²) in [7, 11) is -1.19. The first-order chi connectivity index (χ1) is 17.6. The smallest absolute Gasteiger partial charge is 0.251 e. The minimum Gasteiger partial charge on any atom is -0.397 e. The van der Waals surface area contributed by atoms with Gasteiger partial charge in [-0.2, -0.15) is 0 Å². The number of aromatic nitrogens is 1. The standard InChI is InChI=1S/C26H35F2N7OS/c1-37(36)32-19-5-6-20(22(17-19)33-13-9-25(7-8-25)10-14-33)21(29)18-35(30)24-4-2-3-23(31-24)34-15-11-26(27,28)12-16-34/h2-6,17-18,32H,7-16,29-30H2,1H3/b21-18-. The number of nitrogens with two attached hydrogens (primary N) is 2. The molecular weight excluding hydrogens is 496 g/mol. The molecular formula is C26H35F2N7OS. The van der Waals surface area contributed by atoms with Gasteiger partial charge in [0.25, 0.3) is 5.92 Å². The topological polar surface area (TPSA) is 104 Å². The maximum absolute atomic E-state index is 13.6. The van der Waals surface area contributed by atoms with E-state index in [0.717, 1.165) is 42.9 Å². The third-order valence-electron chi connectivity index (χ3n) is 7.77. The molecule has 1 aromatic heterocycles. The Hall–Kier alpha value is -2.92. The second kappa shape index (κ2) is 10.1. The summed E-state index contributed by atoms with van der Waals surface area (Å²) in [6.07, 6.45) is 7.82. The number of nitrogens with zero attached hydrogens (tertiary/aromatic N) is 4. The zero-order chi connectivity index (χ0) is 26.2. The third kappa shape index (κ3) is 5.98. The highest BCUT2D eigenvalue weighted by Crippen LogP contribution is 2.54. The van der Waals surface area contributed by atoms with E-state index >= 15 is 0 Å². The number of nitrogens with one attached hydrogen (secondary N) is 1. The predicted molar refractivity (Wildman–Crippen MR) is 147 cm³/mol. The molecule has 1 saturated carbocycles. The van der Waals surface area contributed by atoms with Gasteiger partial charge in [0.2, 0.25) is 0 Å². The van der Waals surface area contributed by atoms with Crippen LogP contribution in [0.25, 0.3) is 5.70 Å². The van der Waals surface area contributed by atoms with E-state index in [2.05, 4.69) is 14.6 Å². The Kier molecular flexibility index (Phi) is 7.01. The second-order valence-corrected chi connectivity index (χ2v) is 11.6. The van der Waals surface area contributed by atoms with Crippen LogP contribution >= 0.6 is 0 Å². The highest BCUT2D eigenvalue weighted by Gasteiger charge is 2.44. The predicted octanol–water partition coefficient (Wildman–Crippen LogP) is 4.04. The van der Waals surface area contributed by atoms with Gasteiger partial charge >= 0.3 is 0 Å². The Labute approximate surface area is 219 Å². The Morgan fingerprint density at radius 3 is 2.38 bits per heavy atom. The molecule has 200 valence electrons. The number of benzene rings is 1. The van der Waals surface area contributed by atoms with Crippen LogP contribution in [0.4, 0.5) is 31.8 Å². The SMILES string of the molecule is CS(=O)Nc1ccc(/C(N)=C/N(N)c2cccc(N3CCC(F)(F)CC3)n2)c(N2CCC3(CC2)CC3)c1. The van der Waals surface area contributed by atoms with Gasteiger partial charge < -0.3 is 20.3 Å². The number of hydrazine groups is 1. The van der Waals surface area contributed by atoms with Crippen LogP contribution < -0.4 is 31.1 Å². The molecule has 5 N–H and O–H groups in total. The number of halogens is 2. The van der Waals surface area contributed by atoms with Gasteiger partial charge in [-0.1, -0.05) is 6.07 Å². The van der Waals surface area contributed by atoms with Crippen LogP contribution in [0.1, 0.15) is 44.1 Å². The zero-order valence-corrected chi connectivity index (χ0v) is 21.9. The van der Waals surface area contributed by atoms with Gasteiger partial charge in [0.1, 0.15) is 22.6 Å². The van der Waals surface area contributed by atoms with E-state index in [1.807, 2.05) is 29.2 Å². The first kappa shape index (κ1) is 25.7. The Bertz CT molecular complexity index is 1180. The maximum atomic E-state index is 13.6. The van der Waals surface area contributed by atoms with E-state index in [1.165, 1.54) is 17.9 Å². The molecule has 1 unspecified atom stereocenters. The van der Waals surface area contributed by atoms with E-state index < -0.39 is 16.9 Å². The molecule has 3 heterocycles. The Morgan fingerprint density at radius 2 is 1.73 bits per heavy atom. The van der Waals surface area contributed by atoms with Crippen molar-refractivity contribution < 1.29 is 13.0 Å². The number of piperidine rings is 2. The van der Waals surface area contributed by atoms with Crippen molar-refractivity contribution in [3.63, 3.8) is 0 Å². The van der Waals surface area contributed by atoms with Crippen LogP contribution in [0, 0.1) is 5.41 Å². The lowest BCUT2D eigenvalue weighted by atomic mass is 9.93. The average Bonchev–Trinajstić information content (AvgIpc) is 3.62. The second-order valence-electron chi connectivity index (χ2n) is 10.5. The molecule has 0 amide bonds. The lowest BCUT2D eigenvalue weighted by molar-refractivity contribution is -0.0221. The fourth-order valence-electron chi connectivity index (χ4n) is 5.25. The fraction of sp³-hybridized carbons (Fsp3) is 0.500. The van der Waals surface area contributed by atoms with Crippen molar-refractivity contribution in [3.8, 4) is 0 Å². The minimum atomic E-state index is -2.62. The van der Waals surface area contributed by atoms with Crippen LogP contribution in [-0.2, 0) is 11.0 Å². The maximum Gasteiger partial charge on any atom is 0.251 e. The molecule has 2 aromatic rings. The molecule has 1 atom stereocenters. The number of alkyl halides is 2. The van der Waals surface area contributed by atoms with Crippen molar-refractivity contribution in [1.29, 1.82) is 0 Å². The molecule has 0 radical (unpaired) electrons. The summed E-state index contributed by atoms with van der Waals surface area (Å²) in [6.45, 7) is 2.39. The van der Waals surface area contributed by atoms with Crippen molar-refractivity contribution in [2.75, 3.05) is 52.0 Å². The van der Waals surface area contributed by atoms with Gasteiger partial charge in [0.15, 0.2) is 0 Å². The average molecular weight is 532 g/mol. The zero-order valence-electron chi connectivity index (χ0n) is 21.1. The largest absolute Gasteiger partial charge is 0.397 e. The summed E-state index contributed by atoms with van der Waals surface area (Å²) in [5, 5.41) is 1.36. The number of anilines is 4. The molecule has 1 spiro atoms. The Balaban J connectivity index is 1.37. The molecule has 8 nitrogen and oxygen atoms in total. The molecule has 2 saturated heterocycles. The van der Waals surface area contributed by atoms with Gasteiger partial charge in [-0.15, -0.1) is 0 Å². The number of pyridine rings is 1. The van der Waals surface area contributed by atoms with Crippen molar-refractivity contribution in [3.05, 3.63) is 48.2 Å². The van der Waals surface area contributed by atoms with Crippen molar-refractivity contribution in [2.45, 2.75) is 44.4 Å².